The number of benzene rings is 1. The lowest BCUT2D eigenvalue weighted by atomic mass is 10.1. The van der Waals surface area contributed by atoms with Crippen molar-refractivity contribution in [3.63, 3.8) is 0 Å². The number of rotatable bonds is 6. The fourth-order valence-corrected chi connectivity index (χ4v) is 2.34. The first-order chi connectivity index (χ1) is 13.1. The van der Waals surface area contributed by atoms with Crippen LogP contribution in [-0.4, -0.2) is 39.7 Å². The van der Waals surface area contributed by atoms with Crippen molar-refractivity contribution < 1.29 is 24.2 Å². The van der Waals surface area contributed by atoms with E-state index in [-0.39, 0.29) is 12.0 Å². The van der Waals surface area contributed by atoms with Gasteiger partial charge in [-0.1, -0.05) is 6.07 Å². The summed E-state index contributed by atoms with van der Waals surface area (Å²) in [5.41, 5.74) is 0.584. The van der Waals surface area contributed by atoms with Crippen LogP contribution >= 0.6 is 0 Å². The lowest BCUT2D eigenvalue weighted by Crippen LogP contribution is -2.47. The summed E-state index contributed by atoms with van der Waals surface area (Å²) in [5.74, 6) is -1.52. The van der Waals surface area contributed by atoms with E-state index < -0.39 is 29.6 Å². The minimum atomic E-state index is -1.06. The van der Waals surface area contributed by atoms with Gasteiger partial charge in [-0.25, -0.2) is 9.59 Å². The Morgan fingerprint density at radius 3 is 2.36 bits per heavy atom. The van der Waals surface area contributed by atoms with Gasteiger partial charge in [0.05, 0.1) is 5.56 Å². The van der Waals surface area contributed by atoms with Crippen LogP contribution < -0.4 is 10.6 Å². The van der Waals surface area contributed by atoms with Crippen LogP contribution in [0.2, 0.25) is 0 Å². The number of anilines is 1. The Morgan fingerprint density at radius 2 is 1.82 bits per heavy atom. The van der Waals surface area contributed by atoms with E-state index in [2.05, 4.69) is 15.6 Å². The number of ether oxygens (including phenoxy) is 1. The minimum Gasteiger partial charge on any atom is -0.478 e. The number of carboxylic acids is 1. The summed E-state index contributed by atoms with van der Waals surface area (Å²) in [6, 6.07) is 8.36. The minimum absolute atomic E-state index is 0.108. The normalized spacial score (nSPS) is 12.0. The van der Waals surface area contributed by atoms with Crippen molar-refractivity contribution in [2.24, 2.45) is 0 Å². The number of aromatic nitrogens is 1. The highest BCUT2D eigenvalue weighted by molar-refractivity contribution is 5.97. The summed E-state index contributed by atoms with van der Waals surface area (Å²) in [6.45, 7) is 5.19. The molecule has 1 unspecified atom stereocenters. The zero-order valence-electron chi connectivity index (χ0n) is 15.9. The van der Waals surface area contributed by atoms with E-state index in [1.807, 2.05) is 0 Å². The Morgan fingerprint density at radius 1 is 1.14 bits per heavy atom. The Kier molecular flexibility index (Phi) is 6.70. The number of hydrogen-bond acceptors (Lipinski definition) is 5. The lowest BCUT2D eigenvalue weighted by Gasteiger charge is -2.23. The summed E-state index contributed by atoms with van der Waals surface area (Å²) in [6.07, 6.45) is 2.73. The molecule has 148 valence electrons. The average Bonchev–Trinajstić information content (AvgIpc) is 2.61. The fourth-order valence-electron chi connectivity index (χ4n) is 2.34. The summed E-state index contributed by atoms with van der Waals surface area (Å²) >= 11 is 0. The number of alkyl carbamates (subject to hydrolysis) is 1. The van der Waals surface area contributed by atoms with E-state index >= 15 is 0 Å². The maximum atomic E-state index is 12.7. The Labute approximate surface area is 162 Å². The Balaban J connectivity index is 2.13. The van der Waals surface area contributed by atoms with Gasteiger partial charge in [0.15, 0.2) is 0 Å². The maximum absolute atomic E-state index is 12.7. The van der Waals surface area contributed by atoms with Crippen molar-refractivity contribution in [1.29, 1.82) is 0 Å². The van der Waals surface area contributed by atoms with Gasteiger partial charge in [-0.15, -0.1) is 0 Å². The van der Waals surface area contributed by atoms with E-state index in [1.54, 1.807) is 45.3 Å². The monoisotopic (exact) mass is 385 g/mol. The topological polar surface area (TPSA) is 118 Å². The maximum Gasteiger partial charge on any atom is 0.408 e. The molecule has 1 heterocycles. The summed E-state index contributed by atoms with van der Waals surface area (Å²) in [4.78, 5) is 39.8. The molecule has 0 aliphatic carbocycles. The molecule has 0 bridgehead atoms. The van der Waals surface area contributed by atoms with Gasteiger partial charge in [0, 0.05) is 24.5 Å². The van der Waals surface area contributed by atoms with E-state index in [9.17, 15) is 14.4 Å². The number of carbonyl (C=O) groups is 3. The molecule has 0 radical (unpaired) electrons. The van der Waals surface area contributed by atoms with Gasteiger partial charge in [-0.3, -0.25) is 9.78 Å². The number of amides is 2. The van der Waals surface area contributed by atoms with Crippen molar-refractivity contribution in [3.8, 4) is 0 Å². The van der Waals surface area contributed by atoms with Crippen molar-refractivity contribution in [3.05, 3.63) is 59.9 Å². The van der Waals surface area contributed by atoms with E-state index in [4.69, 9.17) is 9.84 Å². The van der Waals surface area contributed by atoms with Crippen molar-refractivity contribution in [1.82, 2.24) is 10.3 Å². The van der Waals surface area contributed by atoms with Gasteiger partial charge in [0.2, 0.25) is 5.91 Å². The van der Waals surface area contributed by atoms with E-state index in [0.717, 1.165) is 5.56 Å². The third-order valence-electron chi connectivity index (χ3n) is 3.57. The molecule has 8 nitrogen and oxygen atoms in total. The van der Waals surface area contributed by atoms with Crippen LogP contribution in [0.3, 0.4) is 0 Å². The predicted molar refractivity (Wildman–Crippen MR) is 103 cm³/mol. The van der Waals surface area contributed by atoms with Crippen molar-refractivity contribution in [2.45, 2.75) is 38.8 Å². The largest absolute Gasteiger partial charge is 0.478 e. The van der Waals surface area contributed by atoms with Crippen molar-refractivity contribution in [2.75, 3.05) is 5.32 Å². The standard InChI is InChI=1S/C20H23N3O5/c1-20(2,3)28-19(27)23-16(11-13-5-4-10-21-12-13)17(24)22-15-8-6-14(7-9-15)18(25)26/h4-10,12,16H,11H2,1-3H3,(H,22,24)(H,23,27)(H,25,26). The van der Waals surface area contributed by atoms with Crippen molar-refractivity contribution >= 4 is 23.7 Å². The molecular formula is C20H23N3O5. The van der Waals surface area contributed by atoms with Gasteiger partial charge in [-0.05, 0) is 56.7 Å². The molecule has 2 amide bonds. The van der Waals surface area contributed by atoms with E-state index in [1.165, 1.54) is 24.3 Å². The molecule has 8 heteroatoms. The second kappa shape index (κ2) is 8.98. The smallest absolute Gasteiger partial charge is 0.408 e. The van der Waals surface area contributed by atoms with Crippen LogP contribution in [0.25, 0.3) is 0 Å². The number of carboxylic acid groups (broad SMARTS) is 1. The molecular weight excluding hydrogens is 362 g/mol. The molecule has 2 aromatic rings. The molecule has 0 saturated heterocycles. The quantitative estimate of drug-likeness (QED) is 0.704. The third kappa shape index (κ3) is 6.71. The zero-order valence-corrected chi connectivity index (χ0v) is 15.9. The highest BCUT2D eigenvalue weighted by Crippen LogP contribution is 2.12. The molecule has 0 fully saturated rings. The van der Waals surface area contributed by atoms with Gasteiger partial charge < -0.3 is 20.5 Å². The van der Waals surface area contributed by atoms with Crippen LogP contribution in [0, 0.1) is 0 Å². The molecule has 0 spiro atoms. The number of pyridine rings is 1. The summed E-state index contributed by atoms with van der Waals surface area (Å²) in [7, 11) is 0. The molecule has 2 rings (SSSR count). The first kappa shape index (κ1) is 20.9. The number of hydrogen-bond donors (Lipinski definition) is 3. The molecule has 0 aliphatic heterocycles. The van der Waals surface area contributed by atoms with Crippen LogP contribution in [-0.2, 0) is 16.0 Å². The van der Waals surface area contributed by atoms with Crippen LogP contribution in [0.4, 0.5) is 10.5 Å². The Hall–Kier alpha value is -3.42. The number of carbonyl (C=O) groups excluding carboxylic acids is 2. The number of nitrogens with one attached hydrogen (secondary N) is 2. The highest BCUT2D eigenvalue weighted by Gasteiger charge is 2.25. The first-order valence-corrected chi connectivity index (χ1v) is 8.67. The molecule has 3 N–H and O–H groups in total. The van der Waals surface area contributed by atoms with Gasteiger partial charge in [-0.2, -0.15) is 0 Å². The van der Waals surface area contributed by atoms with Gasteiger partial charge in [0.25, 0.3) is 0 Å². The van der Waals surface area contributed by atoms with Crippen LogP contribution in [0.5, 0.6) is 0 Å². The highest BCUT2D eigenvalue weighted by atomic mass is 16.6. The molecule has 1 aromatic carbocycles. The van der Waals surface area contributed by atoms with Crippen LogP contribution in [0.1, 0.15) is 36.7 Å². The zero-order chi connectivity index (χ0) is 20.7. The third-order valence-corrected chi connectivity index (χ3v) is 3.57. The number of nitrogens with zero attached hydrogens (tertiary/aromatic N) is 1. The van der Waals surface area contributed by atoms with Gasteiger partial charge >= 0.3 is 12.1 Å². The first-order valence-electron chi connectivity index (χ1n) is 8.67. The second-order valence-electron chi connectivity index (χ2n) is 7.14. The summed E-state index contributed by atoms with van der Waals surface area (Å²) < 4.78 is 5.24. The average molecular weight is 385 g/mol. The predicted octanol–water partition coefficient (Wildman–Crippen LogP) is 2.85. The Bertz CT molecular complexity index is 829. The molecule has 1 aromatic heterocycles. The summed E-state index contributed by atoms with van der Waals surface area (Å²) in [5, 5.41) is 14.2. The SMILES string of the molecule is CC(C)(C)OC(=O)NC(Cc1cccnc1)C(=O)Nc1ccc(C(=O)O)cc1. The molecule has 0 aliphatic rings. The molecule has 0 saturated carbocycles. The lowest BCUT2D eigenvalue weighted by molar-refractivity contribution is -0.118. The fraction of sp³-hybridized carbons (Fsp3) is 0.300. The molecule has 1 atom stereocenters. The second-order valence-corrected chi connectivity index (χ2v) is 7.14. The van der Waals surface area contributed by atoms with E-state index in [0.29, 0.717) is 5.69 Å². The van der Waals surface area contributed by atoms with Gasteiger partial charge in [0.1, 0.15) is 11.6 Å². The molecule has 28 heavy (non-hydrogen) atoms. The van der Waals surface area contributed by atoms with Crippen LogP contribution in [0.15, 0.2) is 48.8 Å². The number of aromatic carboxylic acids is 1.